The van der Waals surface area contributed by atoms with Crippen LogP contribution in [0, 0.1) is 0 Å². The molecule has 8 heteroatoms. The van der Waals surface area contributed by atoms with Crippen molar-refractivity contribution in [1.82, 2.24) is 0 Å². The third-order valence-electron chi connectivity index (χ3n) is 0.621. The van der Waals surface area contributed by atoms with E-state index in [1.165, 1.54) is 0 Å². The van der Waals surface area contributed by atoms with Crippen molar-refractivity contribution in [3.63, 3.8) is 0 Å². The summed E-state index contributed by atoms with van der Waals surface area (Å²) in [5.74, 6) is 0. The number of hydrogen-bond acceptors (Lipinski definition) is 2. The summed E-state index contributed by atoms with van der Waals surface area (Å²) in [6, 6.07) is 0. The van der Waals surface area contributed by atoms with E-state index in [0.717, 1.165) is 0 Å². The second-order valence-electron chi connectivity index (χ2n) is 1.59. The minimum atomic E-state index is -5.41. The lowest BCUT2D eigenvalue weighted by Gasteiger charge is -1.96. The molecule has 0 radical (unpaired) electrons. The van der Waals surface area contributed by atoms with Gasteiger partial charge in [0.2, 0.25) is 0 Å². The maximum Gasteiger partial charge on any atom is 0.403 e. The Kier molecular flexibility index (Phi) is 3.11. The zero-order valence-electron chi connectivity index (χ0n) is 4.64. The van der Waals surface area contributed by atoms with Crippen LogP contribution in [0.1, 0.15) is 0 Å². The lowest BCUT2D eigenvalue weighted by Crippen LogP contribution is -1.85. The van der Waals surface area contributed by atoms with Crippen LogP contribution in [0.25, 0.3) is 0 Å². The number of hydrogen-bond donors (Lipinski definition) is 0. The van der Waals surface area contributed by atoms with Crippen LogP contribution in [-0.4, -0.2) is 12.3 Å². The maximum absolute atomic E-state index is 11.4. The molecule has 2 nitrogen and oxygen atoms in total. The predicted molar refractivity (Wildman–Crippen MR) is 29.4 cm³/mol. The molecule has 0 aromatic rings. The molecule has 0 aliphatic rings. The minimum Gasteiger partial charge on any atom is -0.250 e. The second-order valence-corrected chi connectivity index (χ2v) is 4.76. The largest absolute Gasteiger partial charge is 0.403 e. The highest BCUT2D eigenvalue weighted by molar-refractivity contribution is 7.57. The number of rotatable bonds is 3. The third-order valence-corrected chi connectivity index (χ3v) is 2.46. The van der Waals surface area contributed by atoms with Gasteiger partial charge >= 0.3 is 15.5 Å². The Bertz CT molecular complexity index is 169. The first-order valence-corrected chi connectivity index (χ1v) is 5.52. The molecule has 0 spiro atoms. The summed E-state index contributed by atoms with van der Waals surface area (Å²) in [6.45, 7) is 0. The Morgan fingerprint density at radius 2 is 1.00 bits per heavy atom. The van der Waals surface area contributed by atoms with Gasteiger partial charge in [-0.2, -0.15) is 16.8 Å². The summed E-state index contributed by atoms with van der Waals surface area (Å²) in [6.07, 6.45) is -2.92. The highest BCUT2D eigenvalue weighted by Gasteiger charge is 2.27. The van der Waals surface area contributed by atoms with Crippen LogP contribution < -0.4 is 0 Å². The molecule has 0 bridgehead atoms. The van der Waals surface area contributed by atoms with E-state index < -0.39 is 27.9 Å². The van der Waals surface area contributed by atoms with E-state index in [1.807, 2.05) is 0 Å². The Morgan fingerprint density at radius 3 is 1.10 bits per heavy atom. The van der Waals surface area contributed by atoms with Crippen molar-refractivity contribution in [2.24, 2.45) is 0 Å². The van der Waals surface area contributed by atoms with Gasteiger partial charge in [-0.25, -0.2) is 0 Å². The Labute approximate surface area is 54.8 Å². The van der Waals surface area contributed by atoms with Crippen LogP contribution in [0.15, 0.2) is 0 Å². The Balaban J connectivity index is 3.79. The molecule has 0 aliphatic carbocycles. The molecule has 0 atom stereocenters. The molecule has 10 heavy (non-hydrogen) atoms. The molecule has 0 heterocycles. The average molecular weight is 198 g/mol. The van der Waals surface area contributed by atoms with Crippen LogP contribution in [0.5, 0.6) is 0 Å². The summed E-state index contributed by atoms with van der Waals surface area (Å²) >= 11 is 0. The monoisotopic (exact) mass is 198 g/mol. The number of halogens is 4. The van der Waals surface area contributed by atoms with Crippen LogP contribution in [0.4, 0.5) is 16.8 Å². The van der Waals surface area contributed by atoms with Crippen molar-refractivity contribution in [3.8, 4) is 0 Å². The van der Waals surface area contributed by atoms with Crippen molar-refractivity contribution < 1.29 is 25.9 Å². The normalized spacial score (nSPS) is 13.6. The van der Waals surface area contributed by atoms with Gasteiger partial charge in [0.05, 0.1) is 12.3 Å². The van der Waals surface area contributed by atoms with Gasteiger partial charge in [0, 0.05) is 0 Å². The standard InChI is InChI=1S/C2H4F4O2P2/c3-9(4,7)1-2-10(5,6)8/h1-2H2. The summed E-state index contributed by atoms with van der Waals surface area (Å²) in [5, 5.41) is 0. The fraction of sp³-hybridized carbons (Fsp3) is 1.00. The van der Waals surface area contributed by atoms with Crippen molar-refractivity contribution in [2.75, 3.05) is 12.3 Å². The fourth-order valence-corrected chi connectivity index (χ4v) is 2.10. The Morgan fingerprint density at radius 1 is 0.800 bits per heavy atom. The first kappa shape index (κ1) is 10.2. The molecule has 0 aromatic heterocycles. The molecular formula is C2H4F4O2P2. The zero-order valence-corrected chi connectivity index (χ0v) is 6.43. The van der Waals surface area contributed by atoms with Gasteiger partial charge in [-0.1, -0.05) is 0 Å². The molecule has 0 N–H and O–H groups in total. The molecule has 0 aliphatic heterocycles. The lowest BCUT2D eigenvalue weighted by atomic mass is 11.0. The van der Waals surface area contributed by atoms with Crippen LogP contribution in [-0.2, 0) is 9.13 Å². The van der Waals surface area contributed by atoms with E-state index in [4.69, 9.17) is 0 Å². The molecule has 0 amide bonds. The van der Waals surface area contributed by atoms with Gasteiger partial charge in [-0.05, 0) is 0 Å². The lowest BCUT2D eigenvalue weighted by molar-refractivity contribution is 0.482. The molecule has 0 saturated heterocycles. The highest BCUT2D eigenvalue weighted by atomic mass is 31.2. The first-order valence-electron chi connectivity index (χ1n) is 2.17. The van der Waals surface area contributed by atoms with Crippen LogP contribution >= 0.6 is 15.5 Å². The molecule has 62 valence electrons. The molecule has 0 aromatic carbocycles. The van der Waals surface area contributed by atoms with E-state index >= 15 is 0 Å². The summed E-state index contributed by atoms with van der Waals surface area (Å²) < 4.78 is 64.4. The molecule has 0 fully saturated rings. The van der Waals surface area contributed by atoms with E-state index in [2.05, 4.69) is 0 Å². The fourth-order valence-electron chi connectivity index (χ4n) is 0.233. The van der Waals surface area contributed by atoms with Gasteiger partial charge in [0.25, 0.3) is 0 Å². The topological polar surface area (TPSA) is 34.1 Å². The van der Waals surface area contributed by atoms with E-state index in [0.29, 0.717) is 0 Å². The van der Waals surface area contributed by atoms with Crippen molar-refractivity contribution in [3.05, 3.63) is 0 Å². The van der Waals surface area contributed by atoms with Gasteiger partial charge < -0.3 is 0 Å². The Hall–Kier alpha value is 0.180. The first-order chi connectivity index (χ1) is 4.21. The van der Waals surface area contributed by atoms with Crippen molar-refractivity contribution in [1.29, 1.82) is 0 Å². The molecular weight excluding hydrogens is 194 g/mol. The van der Waals surface area contributed by atoms with Gasteiger partial charge in [0.1, 0.15) is 0 Å². The van der Waals surface area contributed by atoms with E-state index in [-0.39, 0.29) is 0 Å². The quantitative estimate of drug-likeness (QED) is 0.515. The van der Waals surface area contributed by atoms with Gasteiger partial charge in [0.15, 0.2) is 0 Å². The third kappa shape index (κ3) is 8.18. The summed E-state index contributed by atoms with van der Waals surface area (Å²) in [4.78, 5) is 0. The second kappa shape index (κ2) is 3.05. The summed E-state index contributed by atoms with van der Waals surface area (Å²) in [7, 11) is -10.8. The van der Waals surface area contributed by atoms with Crippen molar-refractivity contribution >= 4 is 15.5 Å². The molecule has 0 rings (SSSR count). The molecule has 0 saturated carbocycles. The smallest absolute Gasteiger partial charge is 0.250 e. The van der Waals surface area contributed by atoms with Gasteiger partial charge in [-0.15, -0.1) is 0 Å². The SMILES string of the molecule is O=P(F)(F)CCP(=O)(F)F. The van der Waals surface area contributed by atoms with Gasteiger partial charge in [-0.3, -0.25) is 9.13 Å². The van der Waals surface area contributed by atoms with Crippen LogP contribution in [0.2, 0.25) is 0 Å². The maximum atomic E-state index is 11.4. The van der Waals surface area contributed by atoms with Crippen LogP contribution in [0.3, 0.4) is 0 Å². The van der Waals surface area contributed by atoms with E-state index in [9.17, 15) is 25.9 Å². The predicted octanol–water partition coefficient (Wildman–Crippen LogP) is 3.25. The minimum absolute atomic E-state index is 1.46. The van der Waals surface area contributed by atoms with Crippen molar-refractivity contribution in [2.45, 2.75) is 0 Å². The average Bonchev–Trinajstić information content (AvgIpc) is 1.57. The zero-order chi connectivity index (χ0) is 8.41. The molecule has 0 unspecified atom stereocenters. The highest BCUT2D eigenvalue weighted by Crippen LogP contribution is 2.56. The van der Waals surface area contributed by atoms with E-state index in [1.54, 1.807) is 0 Å². The summed E-state index contributed by atoms with van der Waals surface area (Å²) in [5.41, 5.74) is 0.